The lowest BCUT2D eigenvalue weighted by atomic mass is 10.5. The van der Waals surface area contributed by atoms with Crippen molar-refractivity contribution in [2.75, 3.05) is 11.6 Å². The van der Waals surface area contributed by atoms with Crippen LogP contribution in [0.3, 0.4) is 0 Å². The lowest BCUT2D eigenvalue weighted by molar-refractivity contribution is 1.12. The van der Waals surface area contributed by atoms with Gasteiger partial charge in [0.2, 0.25) is 0 Å². The van der Waals surface area contributed by atoms with E-state index in [0.717, 1.165) is 15.3 Å². The van der Waals surface area contributed by atoms with Crippen molar-refractivity contribution in [2.24, 2.45) is 0 Å². The number of rotatable bonds is 3. The topological polar surface area (TPSA) is 12.9 Å². The van der Waals surface area contributed by atoms with E-state index < -0.39 is 0 Å². The van der Waals surface area contributed by atoms with Crippen LogP contribution in [0.25, 0.3) is 0 Å². The van der Waals surface area contributed by atoms with Gasteiger partial charge in [-0.3, -0.25) is 0 Å². The van der Waals surface area contributed by atoms with Gasteiger partial charge in [0.25, 0.3) is 0 Å². The smallest absolute Gasteiger partial charge is 0.0961 e. The van der Waals surface area contributed by atoms with Crippen LogP contribution >= 0.6 is 39.3 Å². The van der Waals surface area contributed by atoms with E-state index in [-0.39, 0.29) is 0 Å². The summed E-state index contributed by atoms with van der Waals surface area (Å²) in [7, 11) is 0. The Labute approximate surface area is 83.7 Å². The zero-order chi connectivity index (χ0) is 8.10. The molecule has 1 aromatic heterocycles. The highest BCUT2D eigenvalue weighted by molar-refractivity contribution is 9.10. The third kappa shape index (κ3) is 3.45. The van der Waals surface area contributed by atoms with Gasteiger partial charge in [0, 0.05) is 22.3 Å². The van der Waals surface area contributed by atoms with Crippen molar-refractivity contribution in [3.05, 3.63) is 22.8 Å². The largest absolute Gasteiger partial charge is 0.249 e. The molecule has 0 saturated carbocycles. The van der Waals surface area contributed by atoms with E-state index in [1.165, 1.54) is 0 Å². The molecule has 0 fully saturated rings. The first-order chi connectivity index (χ1) is 5.33. The van der Waals surface area contributed by atoms with E-state index in [1.54, 1.807) is 18.0 Å². The Morgan fingerprint density at radius 1 is 1.55 bits per heavy atom. The van der Waals surface area contributed by atoms with Gasteiger partial charge in [-0.15, -0.1) is 23.4 Å². The molecule has 0 N–H and O–H groups in total. The third-order valence-electron chi connectivity index (χ3n) is 1.03. The van der Waals surface area contributed by atoms with E-state index >= 15 is 0 Å². The summed E-state index contributed by atoms with van der Waals surface area (Å²) in [4.78, 5) is 4.17. The zero-order valence-corrected chi connectivity index (χ0v) is 8.92. The lowest BCUT2D eigenvalue weighted by Crippen LogP contribution is -1.82. The van der Waals surface area contributed by atoms with Crippen LogP contribution in [-0.4, -0.2) is 16.6 Å². The molecule has 0 atom stereocenters. The van der Waals surface area contributed by atoms with Crippen molar-refractivity contribution in [3.8, 4) is 0 Å². The molecule has 0 radical (unpaired) electrons. The first-order valence-corrected chi connectivity index (χ1v) is 5.44. The maximum atomic E-state index is 5.52. The predicted octanol–water partition coefficient (Wildman–Crippen LogP) is 3.18. The monoisotopic (exact) mass is 251 g/mol. The Bertz CT molecular complexity index is 214. The minimum Gasteiger partial charge on any atom is -0.249 e. The summed E-state index contributed by atoms with van der Waals surface area (Å²) >= 11 is 10.5. The van der Waals surface area contributed by atoms with Crippen molar-refractivity contribution in [1.82, 2.24) is 4.98 Å². The van der Waals surface area contributed by atoms with Gasteiger partial charge >= 0.3 is 0 Å². The van der Waals surface area contributed by atoms with E-state index in [4.69, 9.17) is 11.6 Å². The highest BCUT2D eigenvalue weighted by Crippen LogP contribution is 2.17. The van der Waals surface area contributed by atoms with Crippen molar-refractivity contribution in [1.29, 1.82) is 0 Å². The van der Waals surface area contributed by atoms with Crippen molar-refractivity contribution in [2.45, 2.75) is 5.03 Å². The molecule has 0 saturated heterocycles. The summed E-state index contributed by atoms with van der Waals surface area (Å²) in [6.07, 6.45) is 1.79. The molecule has 0 aliphatic rings. The van der Waals surface area contributed by atoms with Gasteiger partial charge in [0.1, 0.15) is 0 Å². The number of hydrogen-bond acceptors (Lipinski definition) is 2. The molecule has 1 rings (SSSR count). The maximum Gasteiger partial charge on any atom is 0.0961 e. The van der Waals surface area contributed by atoms with E-state index in [0.29, 0.717) is 5.88 Å². The summed E-state index contributed by atoms with van der Waals surface area (Å²) in [5.41, 5.74) is 0. The van der Waals surface area contributed by atoms with Crippen LogP contribution < -0.4 is 0 Å². The van der Waals surface area contributed by atoms with Gasteiger partial charge < -0.3 is 0 Å². The minimum atomic E-state index is 0.669. The molecular formula is C7H7BrClNS. The van der Waals surface area contributed by atoms with E-state index in [2.05, 4.69) is 20.9 Å². The normalized spacial score (nSPS) is 10.0. The average molecular weight is 253 g/mol. The van der Waals surface area contributed by atoms with Crippen LogP contribution in [0.4, 0.5) is 0 Å². The number of aromatic nitrogens is 1. The summed E-state index contributed by atoms with van der Waals surface area (Å²) in [5, 5.41) is 1.02. The number of pyridine rings is 1. The summed E-state index contributed by atoms with van der Waals surface area (Å²) in [6.45, 7) is 0. The molecule has 4 heteroatoms. The van der Waals surface area contributed by atoms with Crippen molar-refractivity contribution < 1.29 is 0 Å². The van der Waals surface area contributed by atoms with Gasteiger partial charge in [-0.1, -0.05) is 0 Å². The predicted molar refractivity (Wildman–Crippen MR) is 53.4 cm³/mol. The second kappa shape index (κ2) is 5.01. The number of halogens is 2. The zero-order valence-electron chi connectivity index (χ0n) is 5.76. The Morgan fingerprint density at radius 2 is 2.36 bits per heavy atom. The quantitative estimate of drug-likeness (QED) is 0.605. The fraction of sp³-hybridized carbons (Fsp3) is 0.286. The SMILES string of the molecule is ClCCSc1ccc(Br)cn1. The minimum absolute atomic E-state index is 0.669. The van der Waals surface area contributed by atoms with Crippen LogP contribution in [0.1, 0.15) is 0 Å². The van der Waals surface area contributed by atoms with Crippen LogP contribution in [0.2, 0.25) is 0 Å². The van der Waals surface area contributed by atoms with Gasteiger partial charge in [-0.25, -0.2) is 4.98 Å². The number of hydrogen-bond donors (Lipinski definition) is 0. The molecule has 1 aromatic rings. The van der Waals surface area contributed by atoms with Gasteiger partial charge in [0.05, 0.1) is 5.03 Å². The summed E-state index contributed by atoms with van der Waals surface area (Å²) in [5.74, 6) is 1.58. The van der Waals surface area contributed by atoms with Gasteiger partial charge in [-0.05, 0) is 28.1 Å². The molecule has 0 unspecified atom stereocenters. The van der Waals surface area contributed by atoms with Crippen LogP contribution in [0, 0.1) is 0 Å². The number of thioether (sulfide) groups is 1. The molecule has 1 heterocycles. The summed E-state index contributed by atoms with van der Waals surface area (Å²) in [6, 6.07) is 3.95. The Morgan fingerprint density at radius 3 is 2.91 bits per heavy atom. The number of nitrogens with zero attached hydrogens (tertiary/aromatic N) is 1. The average Bonchev–Trinajstić information content (AvgIpc) is 2.04. The fourth-order valence-corrected chi connectivity index (χ4v) is 1.63. The standard InChI is InChI=1S/C7H7BrClNS/c8-6-1-2-7(10-5-6)11-4-3-9/h1-2,5H,3-4H2. The molecule has 11 heavy (non-hydrogen) atoms. The molecule has 0 aromatic carbocycles. The first-order valence-electron chi connectivity index (χ1n) is 3.13. The van der Waals surface area contributed by atoms with Crippen molar-refractivity contribution >= 4 is 39.3 Å². The van der Waals surface area contributed by atoms with E-state index in [9.17, 15) is 0 Å². The molecule has 0 aliphatic carbocycles. The molecular weight excluding hydrogens is 246 g/mol. The number of alkyl halides is 1. The van der Waals surface area contributed by atoms with Gasteiger partial charge in [0.15, 0.2) is 0 Å². The molecule has 0 amide bonds. The van der Waals surface area contributed by atoms with Crippen LogP contribution in [-0.2, 0) is 0 Å². The highest BCUT2D eigenvalue weighted by Gasteiger charge is 1.93. The van der Waals surface area contributed by atoms with Gasteiger partial charge in [-0.2, -0.15) is 0 Å². The Kier molecular flexibility index (Phi) is 4.26. The molecule has 0 spiro atoms. The molecule has 1 nitrogen and oxygen atoms in total. The fourth-order valence-electron chi connectivity index (χ4n) is 0.591. The molecule has 0 aliphatic heterocycles. The lowest BCUT2D eigenvalue weighted by Gasteiger charge is -1.96. The van der Waals surface area contributed by atoms with Crippen molar-refractivity contribution in [3.63, 3.8) is 0 Å². The Balaban J connectivity index is 2.52. The van der Waals surface area contributed by atoms with Crippen LogP contribution in [0.15, 0.2) is 27.8 Å². The second-order valence-electron chi connectivity index (χ2n) is 1.85. The maximum absolute atomic E-state index is 5.52. The molecule has 0 bridgehead atoms. The van der Waals surface area contributed by atoms with E-state index in [1.807, 2.05) is 12.1 Å². The molecule has 60 valence electrons. The van der Waals surface area contributed by atoms with Crippen LogP contribution in [0.5, 0.6) is 0 Å². The second-order valence-corrected chi connectivity index (χ2v) is 4.26. The highest BCUT2D eigenvalue weighted by atomic mass is 79.9. The summed E-state index contributed by atoms with van der Waals surface area (Å²) < 4.78 is 1.01. The third-order valence-corrected chi connectivity index (χ3v) is 2.86. The Hall–Kier alpha value is 0.270. The first kappa shape index (κ1) is 9.36.